The summed E-state index contributed by atoms with van der Waals surface area (Å²) < 4.78 is 3.95. The molecule has 5 rings (SSSR count). The van der Waals surface area contributed by atoms with Crippen molar-refractivity contribution in [2.45, 2.75) is 65.5 Å². The first kappa shape index (κ1) is 27.5. The molecule has 0 saturated heterocycles. The molecule has 2 aromatic heterocycles. The van der Waals surface area contributed by atoms with Gasteiger partial charge in [-0.2, -0.15) is 0 Å². The Balaban J connectivity index is 1.15. The third-order valence-electron chi connectivity index (χ3n) is 7.68. The average molecular weight is 533 g/mol. The van der Waals surface area contributed by atoms with Crippen molar-refractivity contribution in [3.05, 3.63) is 131 Å². The van der Waals surface area contributed by atoms with Crippen molar-refractivity contribution in [3.63, 3.8) is 0 Å². The lowest BCUT2D eigenvalue weighted by molar-refractivity contribution is 0.550. The minimum Gasteiger partial charge on any atom is -0.252 e. The zero-order chi connectivity index (χ0) is 27.9. The van der Waals surface area contributed by atoms with Gasteiger partial charge in [0.05, 0.1) is 11.4 Å². The van der Waals surface area contributed by atoms with E-state index in [0.29, 0.717) is 11.8 Å². The molecular weight excluding hydrogens is 492 g/mol. The molecule has 0 saturated carbocycles. The summed E-state index contributed by atoms with van der Waals surface area (Å²) in [7, 11) is 0. The van der Waals surface area contributed by atoms with Crippen LogP contribution in [-0.2, 0) is 25.9 Å². The fraction of sp³-hybridized carbons (Fsp3) is 0.353. The Hall–Kier alpha value is -4.06. The minimum absolute atomic E-state index is 0.255. The Morgan fingerprint density at radius 3 is 1.25 bits per heavy atom. The molecule has 2 heterocycles. The summed E-state index contributed by atoms with van der Waals surface area (Å²) in [4.78, 5) is 0. The van der Waals surface area contributed by atoms with E-state index in [0.717, 1.165) is 37.3 Å². The predicted octanol–water partition coefficient (Wildman–Crippen LogP) is 6.93. The summed E-state index contributed by atoms with van der Waals surface area (Å²) in [5, 5.41) is 17.9. The van der Waals surface area contributed by atoms with E-state index in [2.05, 4.69) is 146 Å². The highest BCUT2D eigenvalue weighted by atomic mass is 15.4. The van der Waals surface area contributed by atoms with Crippen molar-refractivity contribution in [3.8, 4) is 0 Å². The van der Waals surface area contributed by atoms with Gasteiger partial charge in [-0.15, -0.1) is 10.2 Å². The van der Waals surface area contributed by atoms with E-state index in [4.69, 9.17) is 0 Å². The molecule has 0 bridgehead atoms. The van der Waals surface area contributed by atoms with Crippen LogP contribution in [0.3, 0.4) is 0 Å². The molecule has 5 aromatic rings. The van der Waals surface area contributed by atoms with Crippen molar-refractivity contribution >= 4 is 0 Å². The van der Waals surface area contributed by atoms with Crippen LogP contribution in [0.25, 0.3) is 0 Å². The fourth-order valence-electron chi connectivity index (χ4n) is 5.61. The Labute approximate surface area is 238 Å². The van der Waals surface area contributed by atoms with Gasteiger partial charge in [0, 0.05) is 37.3 Å². The lowest BCUT2D eigenvalue weighted by Crippen LogP contribution is -2.09. The predicted molar refractivity (Wildman–Crippen MR) is 160 cm³/mol. The van der Waals surface area contributed by atoms with Gasteiger partial charge in [0.2, 0.25) is 0 Å². The van der Waals surface area contributed by atoms with Gasteiger partial charge in [-0.25, -0.2) is 0 Å². The molecule has 0 unspecified atom stereocenters. The highest BCUT2D eigenvalue weighted by Crippen LogP contribution is 2.31. The molecule has 0 N–H and O–H groups in total. The third kappa shape index (κ3) is 6.74. The summed E-state index contributed by atoms with van der Waals surface area (Å²) in [5.41, 5.74) is 7.26. The first-order chi connectivity index (χ1) is 19.5. The fourth-order valence-corrected chi connectivity index (χ4v) is 5.61. The Bertz CT molecular complexity index is 1340. The van der Waals surface area contributed by atoms with E-state index in [-0.39, 0.29) is 11.8 Å². The molecule has 3 aromatic carbocycles. The molecular formula is C34H40N6. The summed E-state index contributed by atoms with van der Waals surface area (Å²) in [5.74, 6) is 1.41. The number of aromatic nitrogens is 6. The van der Waals surface area contributed by atoms with Crippen LogP contribution in [-0.4, -0.2) is 30.0 Å². The zero-order valence-corrected chi connectivity index (χ0v) is 24.1. The standard InChI is InChI=1S/C34H40N6/c1-25(2)33(29-11-7-5-8-12-29)31-23-39(37-35-31)21-19-27-15-17-28(18-16-27)20-22-40-24-32(36-38-40)34(26(3)4)30-13-9-6-10-14-30/h5-18,23-26,33-34H,19-22H2,1-4H3/t33-,34-/m1/s1. The molecule has 0 radical (unpaired) electrons. The normalized spacial score (nSPS) is 13.2. The summed E-state index contributed by atoms with van der Waals surface area (Å²) in [6, 6.07) is 30.1. The molecule has 0 aliphatic heterocycles. The molecule has 40 heavy (non-hydrogen) atoms. The molecule has 6 heteroatoms. The monoisotopic (exact) mass is 532 g/mol. The van der Waals surface area contributed by atoms with Crippen molar-refractivity contribution in [2.24, 2.45) is 11.8 Å². The molecule has 0 aliphatic carbocycles. The van der Waals surface area contributed by atoms with Crippen molar-refractivity contribution < 1.29 is 0 Å². The first-order valence-electron chi connectivity index (χ1n) is 14.5. The average Bonchev–Trinajstić information content (AvgIpc) is 3.62. The molecule has 0 spiro atoms. The molecule has 0 amide bonds. The van der Waals surface area contributed by atoms with Crippen LogP contribution in [0, 0.1) is 11.8 Å². The van der Waals surface area contributed by atoms with Gasteiger partial charge < -0.3 is 0 Å². The number of hydrogen-bond donors (Lipinski definition) is 0. The van der Waals surface area contributed by atoms with Crippen LogP contribution in [0.5, 0.6) is 0 Å². The van der Waals surface area contributed by atoms with Crippen LogP contribution in [0.4, 0.5) is 0 Å². The van der Waals surface area contributed by atoms with E-state index < -0.39 is 0 Å². The number of nitrogens with zero attached hydrogens (tertiary/aromatic N) is 6. The second-order valence-electron chi connectivity index (χ2n) is 11.4. The topological polar surface area (TPSA) is 61.4 Å². The van der Waals surface area contributed by atoms with Gasteiger partial charge in [-0.1, -0.05) is 123 Å². The van der Waals surface area contributed by atoms with Gasteiger partial charge >= 0.3 is 0 Å². The Morgan fingerprint density at radius 1 is 0.525 bits per heavy atom. The van der Waals surface area contributed by atoms with Gasteiger partial charge in [0.1, 0.15) is 0 Å². The van der Waals surface area contributed by atoms with Gasteiger partial charge in [-0.3, -0.25) is 9.36 Å². The van der Waals surface area contributed by atoms with Crippen molar-refractivity contribution in [1.82, 2.24) is 30.0 Å². The Kier molecular flexibility index (Phi) is 8.84. The van der Waals surface area contributed by atoms with Crippen molar-refractivity contribution in [2.75, 3.05) is 0 Å². The quantitative estimate of drug-likeness (QED) is 0.175. The number of rotatable bonds is 12. The van der Waals surface area contributed by atoms with Gasteiger partial charge in [-0.05, 0) is 46.9 Å². The highest BCUT2D eigenvalue weighted by molar-refractivity contribution is 5.29. The van der Waals surface area contributed by atoms with Crippen LogP contribution in [0.2, 0.25) is 0 Å². The van der Waals surface area contributed by atoms with Gasteiger partial charge in [0.25, 0.3) is 0 Å². The SMILES string of the molecule is CC(C)[C@H](c1ccccc1)c1cn(CCc2ccc(CCn3cc([C@@H](c4ccccc4)C(C)C)nn3)cc2)nn1. The number of hydrogen-bond acceptors (Lipinski definition) is 4. The van der Waals surface area contributed by atoms with E-state index in [9.17, 15) is 0 Å². The molecule has 2 atom stereocenters. The molecule has 0 aliphatic rings. The number of aryl methyl sites for hydroxylation is 4. The smallest absolute Gasteiger partial charge is 0.0904 e. The second kappa shape index (κ2) is 12.9. The van der Waals surface area contributed by atoms with Crippen molar-refractivity contribution in [1.29, 1.82) is 0 Å². The maximum absolute atomic E-state index is 4.53. The van der Waals surface area contributed by atoms with Crippen LogP contribution in [0.15, 0.2) is 97.3 Å². The second-order valence-corrected chi connectivity index (χ2v) is 11.4. The largest absolute Gasteiger partial charge is 0.252 e. The van der Waals surface area contributed by atoms with E-state index in [1.165, 1.54) is 22.3 Å². The van der Waals surface area contributed by atoms with Crippen LogP contribution < -0.4 is 0 Å². The maximum atomic E-state index is 4.53. The molecule has 0 fully saturated rings. The van der Waals surface area contributed by atoms with E-state index in [1.807, 2.05) is 9.36 Å². The lowest BCUT2D eigenvalue weighted by atomic mass is 9.86. The van der Waals surface area contributed by atoms with Gasteiger partial charge in [0.15, 0.2) is 0 Å². The first-order valence-corrected chi connectivity index (χ1v) is 14.5. The zero-order valence-electron chi connectivity index (χ0n) is 24.1. The minimum atomic E-state index is 0.255. The highest BCUT2D eigenvalue weighted by Gasteiger charge is 2.22. The summed E-state index contributed by atoms with van der Waals surface area (Å²) >= 11 is 0. The third-order valence-corrected chi connectivity index (χ3v) is 7.68. The Morgan fingerprint density at radius 2 is 0.900 bits per heavy atom. The summed E-state index contributed by atoms with van der Waals surface area (Å²) in [6.45, 7) is 10.6. The van der Waals surface area contributed by atoms with Crippen LogP contribution >= 0.6 is 0 Å². The lowest BCUT2D eigenvalue weighted by Gasteiger charge is -2.18. The molecule has 206 valence electrons. The van der Waals surface area contributed by atoms with E-state index >= 15 is 0 Å². The summed E-state index contributed by atoms with van der Waals surface area (Å²) in [6.07, 6.45) is 6.06. The molecule has 6 nitrogen and oxygen atoms in total. The number of benzene rings is 3. The van der Waals surface area contributed by atoms with Crippen LogP contribution in [0.1, 0.15) is 73.2 Å². The maximum Gasteiger partial charge on any atom is 0.0904 e. The van der Waals surface area contributed by atoms with E-state index in [1.54, 1.807) is 0 Å².